The monoisotopic (exact) mass is 404 g/mol. The molecular formula is C18H17BrN2O2S. The Morgan fingerprint density at radius 3 is 2.83 bits per heavy atom. The van der Waals surface area contributed by atoms with Crippen molar-refractivity contribution < 1.29 is 9.59 Å². The van der Waals surface area contributed by atoms with E-state index in [1.54, 1.807) is 17.8 Å². The van der Waals surface area contributed by atoms with Gasteiger partial charge < -0.3 is 10.6 Å². The lowest BCUT2D eigenvalue weighted by Gasteiger charge is -2.11. The van der Waals surface area contributed by atoms with Gasteiger partial charge in [0.2, 0.25) is 11.8 Å². The third kappa shape index (κ3) is 3.99. The van der Waals surface area contributed by atoms with Crippen LogP contribution >= 0.6 is 27.7 Å². The average Bonchev–Trinajstić information content (AvgIpc) is 2.98. The minimum absolute atomic E-state index is 0.0351. The summed E-state index contributed by atoms with van der Waals surface area (Å²) in [5, 5.41) is 5.33. The molecule has 0 radical (unpaired) electrons. The predicted molar refractivity (Wildman–Crippen MR) is 100 cm³/mol. The zero-order valence-electron chi connectivity index (χ0n) is 13.1. The second kappa shape index (κ2) is 7.40. The number of anilines is 1. The number of fused-ring (bicyclic) bond motifs is 1. The summed E-state index contributed by atoms with van der Waals surface area (Å²) in [6.07, 6.45) is 0.706. The Kier molecular flexibility index (Phi) is 5.26. The summed E-state index contributed by atoms with van der Waals surface area (Å²) < 4.78 is 0.807. The second-order valence-electron chi connectivity index (χ2n) is 5.67. The molecule has 3 rings (SSSR count). The van der Waals surface area contributed by atoms with Crippen LogP contribution in [0.5, 0.6) is 0 Å². The average molecular weight is 405 g/mol. The van der Waals surface area contributed by atoms with Crippen LogP contribution in [0.4, 0.5) is 5.69 Å². The van der Waals surface area contributed by atoms with Crippen molar-refractivity contribution in [1.29, 1.82) is 0 Å². The summed E-state index contributed by atoms with van der Waals surface area (Å²) in [4.78, 5) is 25.5. The van der Waals surface area contributed by atoms with Gasteiger partial charge in [0.15, 0.2) is 0 Å². The van der Waals surface area contributed by atoms with E-state index >= 15 is 0 Å². The fourth-order valence-electron chi connectivity index (χ4n) is 2.52. The molecule has 0 aromatic heterocycles. The number of rotatable bonds is 4. The van der Waals surface area contributed by atoms with Gasteiger partial charge >= 0.3 is 0 Å². The van der Waals surface area contributed by atoms with E-state index in [9.17, 15) is 9.59 Å². The molecule has 0 spiro atoms. The van der Waals surface area contributed by atoms with Crippen LogP contribution < -0.4 is 10.6 Å². The molecule has 0 bridgehead atoms. The highest BCUT2D eigenvalue weighted by Gasteiger charge is 2.28. The quantitative estimate of drug-likeness (QED) is 0.819. The highest BCUT2D eigenvalue weighted by molar-refractivity contribution is 9.10. The van der Waals surface area contributed by atoms with E-state index in [-0.39, 0.29) is 23.6 Å². The fraction of sp³-hybridized carbons (Fsp3) is 0.222. The van der Waals surface area contributed by atoms with Crippen molar-refractivity contribution in [2.75, 3.05) is 11.9 Å². The Morgan fingerprint density at radius 1 is 1.25 bits per heavy atom. The van der Waals surface area contributed by atoms with Crippen LogP contribution in [-0.2, 0) is 16.0 Å². The van der Waals surface area contributed by atoms with Gasteiger partial charge in [-0.1, -0.05) is 29.8 Å². The lowest BCUT2D eigenvalue weighted by Crippen LogP contribution is -2.38. The number of carbonyl (C=O) groups excluding carboxylic acids is 2. The summed E-state index contributed by atoms with van der Waals surface area (Å²) in [6.45, 7) is 2.01. The molecule has 1 heterocycles. The van der Waals surface area contributed by atoms with Crippen LogP contribution in [0, 0.1) is 6.92 Å². The number of halogens is 1. The molecule has 0 saturated heterocycles. The Bertz CT molecular complexity index is 794. The van der Waals surface area contributed by atoms with Gasteiger partial charge in [0, 0.05) is 9.37 Å². The number of benzene rings is 2. The van der Waals surface area contributed by atoms with E-state index in [2.05, 4.69) is 44.8 Å². The first-order valence-electron chi connectivity index (χ1n) is 7.61. The molecule has 2 N–H and O–H groups in total. The number of thioether (sulfide) groups is 1. The topological polar surface area (TPSA) is 58.2 Å². The summed E-state index contributed by atoms with van der Waals surface area (Å²) in [5.74, 6) is -0.345. The number of para-hydroxylation sites is 1. The Morgan fingerprint density at radius 2 is 2.04 bits per heavy atom. The molecule has 1 aliphatic heterocycles. The van der Waals surface area contributed by atoms with E-state index in [0.717, 1.165) is 9.37 Å². The van der Waals surface area contributed by atoms with Crippen LogP contribution in [-0.4, -0.2) is 23.6 Å². The predicted octanol–water partition coefficient (Wildman–Crippen LogP) is 3.53. The van der Waals surface area contributed by atoms with Crippen LogP contribution in [0.1, 0.15) is 11.1 Å². The molecule has 2 amide bonds. The molecule has 1 aliphatic rings. The summed E-state index contributed by atoms with van der Waals surface area (Å²) in [5.41, 5.74) is 3.08. The van der Waals surface area contributed by atoms with Gasteiger partial charge in [0.1, 0.15) is 0 Å². The van der Waals surface area contributed by atoms with Gasteiger partial charge in [-0.25, -0.2) is 0 Å². The van der Waals surface area contributed by atoms with E-state index in [1.165, 1.54) is 11.1 Å². The van der Waals surface area contributed by atoms with E-state index in [4.69, 9.17) is 0 Å². The highest BCUT2D eigenvalue weighted by atomic mass is 79.9. The number of hydrogen-bond donors (Lipinski definition) is 2. The maximum atomic E-state index is 12.3. The maximum Gasteiger partial charge on any atom is 0.243 e. The van der Waals surface area contributed by atoms with Crippen molar-refractivity contribution in [3.8, 4) is 0 Å². The second-order valence-corrected chi connectivity index (χ2v) is 7.77. The van der Waals surface area contributed by atoms with Crippen LogP contribution in [0.3, 0.4) is 0 Å². The summed E-state index contributed by atoms with van der Waals surface area (Å²) in [6, 6.07) is 13.6. The largest absolute Gasteiger partial charge is 0.346 e. The lowest BCUT2D eigenvalue weighted by atomic mass is 10.1. The Labute approximate surface area is 153 Å². The van der Waals surface area contributed by atoms with Gasteiger partial charge in [0.05, 0.1) is 17.5 Å². The highest BCUT2D eigenvalue weighted by Crippen LogP contribution is 2.37. The first-order chi connectivity index (χ1) is 11.5. The maximum absolute atomic E-state index is 12.3. The minimum Gasteiger partial charge on any atom is -0.346 e. The molecule has 0 aliphatic carbocycles. The van der Waals surface area contributed by atoms with Crippen molar-refractivity contribution >= 4 is 45.2 Å². The normalized spacial score (nSPS) is 15.7. The zero-order chi connectivity index (χ0) is 17.1. The van der Waals surface area contributed by atoms with Crippen molar-refractivity contribution in [1.82, 2.24) is 5.32 Å². The smallest absolute Gasteiger partial charge is 0.243 e. The van der Waals surface area contributed by atoms with Crippen molar-refractivity contribution in [3.63, 3.8) is 0 Å². The summed E-state index contributed by atoms with van der Waals surface area (Å²) in [7, 11) is 0. The van der Waals surface area contributed by atoms with Crippen molar-refractivity contribution in [2.24, 2.45) is 0 Å². The van der Waals surface area contributed by atoms with E-state index < -0.39 is 0 Å². The molecule has 4 nitrogen and oxygen atoms in total. The van der Waals surface area contributed by atoms with Crippen LogP contribution in [0.25, 0.3) is 0 Å². The third-order valence-electron chi connectivity index (χ3n) is 3.76. The number of carbonyl (C=O) groups is 2. The van der Waals surface area contributed by atoms with E-state index in [1.807, 2.05) is 25.1 Å². The molecular weight excluding hydrogens is 388 g/mol. The van der Waals surface area contributed by atoms with E-state index in [0.29, 0.717) is 12.1 Å². The van der Waals surface area contributed by atoms with Crippen molar-refractivity contribution in [3.05, 3.63) is 58.1 Å². The zero-order valence-corrected chi connectivity index (χ0v) is 15.5. The molecule has 6 heteroatoms. The van der Waals surface area contributed by atoms with Gasteiger partial charge in [-0.05, 0) is 53.0 Å². The van der Waals surface area contributed by atoms with Gasteiger partial charge in [-0.3, -0.25) is 9.59 Å². The minimum atomic E-state index is -0.244. The number of nitrogens with one attached hydrogen (secondary N) is 2. The fourth-order valence-corrected chi connectivity index (χ4v) is 4.22. The molecule has 2 aromatic rings. The molecule has 1 atom stereocenters. The first-order valence-corrected chi connectivity index (χ1v) is 9.28. The Hall–Kier alpha value is -1.79. The lowest BCUT2D eigenvalue weighted by molar-refractivity contribution is -0.123. The third-order valence-corrected chi connectivity index (χ3v) is 5.75. The number of hydrogen-bond acceptors (Lipinski definition) is 3. The van der Waals surface area contributed by atoms with Crippen molar-refractivity contribution in [2.45, 2.75) is 23.5 Å². The summed E-state index contributed by atoms with van der Waals surface area (Å²) >= 11 is 4.94. The molecule has 24 heavy (non-hydrogen) atoms. The standard InChI is InChI=1S/C18H17BrN2O2S/c1-11-6-7-12-9-16(24-15(12)8-11)18(23)20-10-17(22)21-14-5-3-2-4-13(14)19/h2-8,16H,9-10H2,1H3,(H,20,23)(H,21,22). The molecule has 1 unspecified atom stereocenters. The van der Waals surface area contributed by atoms with Crippen LogP contribution in [0.2, 0.25) is 0 Å². The van der Waals surface area contributed by atoms with Gasteiger partial charge in [-0.2, -0.15) is 0 Å². The van der Waals surface area contributed by atoms with Gasteiger partial charge in [-0.15, -0.1) is 11.8 Å². The number of amides is 2. The molecule has 0 fully saturated rings. The Balaban J connectivity index is 1.51. The SMILES string of the molecule is Cc1ccc2c(c1)SC(C(=O)NCC(=O)Nc1ccccc1Br)C2. The first kappa shape index (κ1) is 17.0. The van der Waals surface area contributed by atoms with Crippen LogP contribution in [0.15, 0.2) is 51.8 Å². The molecule has 0 saturated carbocycles. The van der Waals surface area contributed by atoms with Gasteiger partial charge in [0.25, 0.3) is 0 Å². The molecule has 124 valence electrons. The molecule has 2 aromatic carbocycles. The number of aryl methyl sites for hydroxylation is 1.